The van der Waals surface area contributed by atoms with Crippen LogP contribution < -0.4 is 4.72 Å². The number of hydrogen-bond acceptors (Lipinski definition) is 3. The third-order valence-electron chi connectivity index (χ3n) is 3.37. The van der Waals surface area contributed by atoms with Crippen molar-refractivity contribution in [3.05, 3.63) is 65.5 Å². The molecule has 118 valence electrons. The van der Waals surface area contributed by atoms with Gasteiger partial charge in [0.2, 0.25) is 10.0 Å². The van der Waals surface area contributed by atoms with E-state index in [0.717, 1.165) is 5.56 Å². The van der Waals surface area contributed by atoms with Crippen LogP contribution in [-0.4, -0.2) is 20.1 Å². The average Bonchev–Trinajstić information content (AvgIpc) is 2.46. The molecule has 0 aliphatic carbocycles. The largest absolute Gasteiger partial charge is 0.384 e. The van der Waals surface area contributed by atoms with Crippen LogP contribution in [-0.2, 0) is 15.6 Å². The summed E-state index contributed by atoms with van der Waals surface area (Å²) in [6.45, 7) is 3.06. The summed E-state index contributed by atoms with van der Waals surface area (Å²) >= 11 is 0. The molecule has 0 spiro atoms. The molecule has 0 saturated heterocycles. The van der Waals surface area contributed by atoms with E-state index in [1.54, 1.807) is 25.1 Å². The summed E-state index contributed by atoms with van der Waals surface area (Å²) in [5.41, 5.74) is -0.182. The molecule has 2 N–H and O–H groups in total. The standard InChI is InChI=1S/C16H18FNO3S/c1-12-4-3-5-15(10-12)22(20,21)18-11-16(2,19)13-6-8-14(17)9-7-13/h3-10,18-19H,11H2,1-2H3. The third kappa shape index (κ3) is 3.91. The summed E-state index contributed by atoms with van der Waals surface area (Å²) in [6, 6.07) is 11.8. The number of aliphatic hydroxyl groups is 1. The van der Waals surface area contributed by atoms with Crippen LogP contribution in [0.3, 0.4) is 0 Å². The first-order valence-corrected chi connectivity index (χ1v) is 8.24. The van der Waals surface area contributed by atoms with Crippen molar-refractivity contribution in [2.45, 2.75) is 24.3 Å². The molecule has 2 aromatic rings. The number of aryl methyl sites for hydroxylation is 1. The number of rotatable bonds is 5. The molecule has 0 amide bonds. The first-order valence-electron chi connectivity index (χ1n) is 6.75. The predicted molar refractivity (Wildman–Crippen MR) is 82.3 cm³/mol. The zero-order valence-corrected chi connectivity index (χ0v) is 13.2. The summed E-state index contributed by atoms with van der Waals surface area (Å²) in [4.78, 5) is 0.141. The van der Waals surface area contributed by atoms with E-state index >= 15 is 0 Å². The molecule has 2 aromatic carbocycles. The SMILES string of the molecule is Cc1cccc(S(=O)(=O)NCC(C)(O)c2ccc(F)cc2)c1. The smallest absolute Gasteiger partial charge is 0.240 e. The highest BCUT2D eigenvalue weighted by atomic mass is 32.2. The summed E-state index contributed by atoms with van der Waals surface area (Å²) in [5, 5.41) is 10.4. The Labute approximate surface area is 129 Å². The van der Waals surface area contributed by atoms with E-state index in [2.05, 4.69) is 4.72 Å². The van der Waals surface area contributed by atoms with E-state index in [4.69, 9.17) is 0 Å². The lowest BCUT2D eigenvalue weighted by Gasteiger charge is -2.24. The van der Waals surface area contributed by atoms with E-state index in [1.807, 2.05) is 0 Å². The van der Waals surface area contributed by atoms with Crippen molar-refractivity contribution in [1.82, 2.24) is 4.72 Å². The van der Waals surface area contributed by atoms with Gasteiger partial charge in [0.15, 0.2) is 0 Å². The summed E-state index contributed by atoms with van der Waals surface area (Å²) in [6.07, 6.45) is 0. The minimum absolute atomic E-state index is 0.141. The second-order valence-corrected chi connectivity index (χ2v) is 7.19. The average molecular weight is 323 g/mol. The van der Waals surface area contributed by atoms with Crippen molar-refractivity contribution >= 4 is 10.0 Å². The van der Waals surface area contributed by atoms with Gasteiger partial charge in [-0.3, -0.25) is 0 Å². The molecular formula is C16H18FNO3S. The number of sulfonamides is 1. The summed E-state index contributed by atoms with van der Waals surface area (Å²) < 4.78 is 39.8. The quantitative estimate of drug-likeness (QED) is 0.887. The lowest BCUT2D eigenvalue weighted by Crippen LogP contribution is -2.38. The Morgan fingerprint density at radius 1 is 1.18 bits per heavy atom. The van der Waals surface area contributed by atoms with Gasteiger partial charge in [-0.15, -0.1) is 0 Å². The Morgan fingerprint density at radius 3 is 2.41 bits per heavy atom. The second-order valence-electron chi connectivity index (χ2n) is 5.42. The van der Waals surface area contributed by atoms with Crippen molar-refractivity contribution in [2.24, 2.45) is 0 Å². The van der Waals surface area contributed by atoms with Crippen LogP contribution in [0.5, 0.6) is 0 Å². The Balaban J connectivity index is 2.15. The second kappa shape index (κ2) is 6.16. The first kappa shape index (κ1) is 16.6. The minimum atomic E-state index is -3.72. The van der Waals surface area contributed by atoms with Gasteiger partial charge < -0.3 is 5.11 Å². The fourth-order valence-electron chi connectivity index (χ4n) is 2.01. The normalized spacial score (nSPS) is 14.5. The maximum absolute atomic E-state index is 12.9. The molecule has 0 bridgehead atoms. The first-order chi connectivity index (χ1) is 10.2. The highest BCUT2D eigenvalue weighted by molar-refractivity contribution is 7.89. The lowest BCUT2D eigenvalue weighted by atomic mass is 9.96. The Bertz CT molecular complexity index is 755. The molecule has 0 aromatic heterocycles. The molecule has 22 heavy (non-hydrogen) atoms. The van der Waals surface area contributed by atoms with Crippen LogP contribution in [0, 0.1) is 12.7 Å². The van der Waals surface area contributed by atoms with E-state index in [9.17, 15) is 17.9 Å². The molecule has 2 rings (SSSR count). The molecule has 1 atom stereocenters. The molecule has 4 nitrogen and oxygen atoms in total. The predicted octanol–water partition coefficient (Wildman–Crippen LogP) is 2.32. The fraction of sp³-hybridized carbons (Fsp3) is 0.250. The van der Waals surface area contributed by atoms with Gasteiger partial charge in [-0.05, 0) is 49.2 Å². The minimum Gasteiger partial charge on any atom is -0.384 e. The van der Waals surface area contributed by atoms with Crippen LogP contribution in [0.4, 0.5) is 4.39 Å². The fourth-order valence-corrected chi connectivity index (χ4v) is 3.25. The summed E-state index contributed by atoms with van der Waals surface area (Å²) in [7, 11) is -3.72. The zero-order valence-electron chi connectivity index (χ0n) is 12.4. The van der Waals surface area contributed by atoms with Crippen molar-refractivity contribution in [2.75, 3.05) is 6.54 Å². The van der Waals surface area contributed by atoms with Gasteiger partial charge in [-0.2, -0.15) is 0 Å². The highest BCUT2D eigenvalue weighted by Crippen LogP contribution is 2.21. The van der Waals surface area contributed by atoms with E-state index in [1.165, 1.54) is 37.3 Å². The van der Waals surface area contributed by atoms with Crippen molar-refractivity contribution in [3.63, 3.8) is 0 Å². The molecular weight excluding hydrogens is 305 g/mol. The van der Waals surface area contributed by atoms with Crippen LogP contribution >= 0.6 is 0 Å². The molecule has 0 heterocycles. The van der Waals surface area contributed by atoms with E-state index in [0.29, 0.717) is 5.56 Å². The molecule has 0 aliphatic heterocycles. The van der Waals surface area contributed by atoms with Crippen LogP contribution in [0.1, 0.15) is 18.1 Å². The maximum Gasteiger partial charge on any atom is 0.240 e. The van der Waals surface area contributed by atoms with Gasteiger partial charge in [0, 0.05) is 6.54 Å². The number of benzene rings is 2. The van der Waals surface area contributed by atoms with Gasteiger partial charge in [0.25, 0.3) is 0 Å². The zero-order chi connectivity index (χ0) is 16.4. The molecule has 0 aliphatic rings. The topological polar surface area (TPSA) is 66.4 Å². The number of nitrogens with one attached hydrogen (secondary N) is 1. The Morgan fingerprint density at radius 2 is 1.82 bits per heavy atom. The molecule has 6 heteroatoms. The van der Waals surface area contributed by atoms with E-state index < -0.39 is 21.4 Å². The summed E-state index contributed by atoms with van der Waals surface area (Å²) in [5.74, 6) is -0.417. The van der Waals surface area contributed by atoms with Crippen molar-refractivity contribution in [1.29, 1.82) is 0 Å². The van der Waals surface area contributed by atoms with Gasteiger partial charge >= 0.3 is 0 Å². The third-order valence-corrected chi connectivity index (χ3v) is 4.77. The van der Waals surface area contributed by atoms with Crippen molar-refractivity contribution in [3.8, 4) is 0 Å². The Kier molecular flexibility index (Phi) is 4.65. The molecule has 0 radical (unpaired) electrons. The molecule has 0 saturated carbocycles. The number of hydrogen-bond donors (Lipinski definition) is 2. The molecule has 0 fully saturated rings. The van der Waals surface area contributed by atoms with Crippen molar-refractivity contribution < 1.29 is 17.9 Å². The maximum atomic E-state index is 12.9. The van der Waals surface area contributed by atoms with Crippen LogP contribution in [0.15, 0.2) is 53.4 Å². The van der Waals surface area contributed by atoms with Gasteiger partial charge in [-0.25, -0.2) is 17.5 Å². The molecule has 1 unspecified atom stereocenters. The number of halogens is 1. The lowest BCUT2D eigenvalue weighted by molar-refractivity contribution is 0.0627. The van der Waals surface area contributed by atoms with Gasteiger partial charge in [0.1, 0.15) is 11.4 Å². The van der Waals surface area contributed by atoms with Crippen LogP contribution in [0.2, 0.25) is 0 Å². The Hall–Kier alpha value is -1.76. The monoisotopic (exact) mass is 323 g/mol. The van der Waals surface area contributed by atoms with E-state index in [-0.39, 0.29) is 11.4 Å². The van der Waals surface area contributed by atoms with Gasteiger partial charge in [0.05, 0.1) is 4.90 Å². The van der Waals surface area contributed by atoms with Crippen LogP contribution in [0.25, 0.3) is 0 Å². The highest BCUT2D eigenvalue weighted by Gasteiger charge is 2.26. The van der Waals surface area contributed by atoms with Gasteiger partial charge in [-0.1, -0.05) is 24.3 Å².